The van der Waals surface area contributed by atoms with Gasteiger partial charge in [-0.05, 0) is 30.2 Å². The first kappa shape index (κ1) is 12.7. The number of rotatable bonds is 4. The van der Waals surface area contributed by atoms with Crippen LogP contribution in [0, 0.1) is 0 Å². The molecule has 0 bridgehead atoms. The van der Waals surface area contributed by atoms with Crippen molar-refractivity contribution in [2.75, 3.05) is 0 Å². The molecule has 0 fully saturated rings. The predicted molar refractivity (Wildman–Crippen MR) is 72.7 cm³/mol. The summed E-state index contributed by atoms with van der Waals surface area (Å²) in [4.78, 5) is 11.0. The monoisotopic (exact) mass is 260 g/mol. The maximum absolute atomic E-state index is 11.0. The van der Waals surface area contributed by atoms with Crippen LogP contribution in [-0.4, -0.2) is 6.29 Å². The van der Waals surface area contributed by atoms with E-state index >= 15 is 0 Å². The van der Waals surface area contributed by atoms with Crippen molar-refractivity contribution in [2.24, 2.45) is 0 Å². The Kier molecular flexibility index (Phi) is 4.00. The number of aldehydes is 1. The number of carbonyl (C=O) groups excluding carboxylic acids is 1. The molecular formula is C15H13ClO2. The number of aryl methyl sites for hydroxylation is 1. The third kappa shape index (κ3) is 2.54. The number of hydrogen-bond acceptors (Lipinski definition) is 2. The molecule has 0 spiro atoms. The minimum Gasteiger partial charge on any atom is -0.455 e. The molecule has 0 amide bonds. The maximum atomic E-state index is 11.0. The molecule has 2 nitrogen and oxygen atoms in total. The SMILES string of the molecule is CCc1ccccc1Oc1c(Cl)cccc1C=O. The van der Waals surface area contributed by atoms with Gasteiger partial charge in [-0.3, -0.25) is 4.79 Å². The summed E-state index contributed by atoms with van der Waals surface area (Å²) in [5.74, 6) is 1.14. The van der Waals surface area contributed by atoms with Crippen LogP contribution in [0.3, 0.4) is 0 Å². The molecule has 92 valence electrons. The normalized spacial score (nSPS) is 10.1. The first-order valence-electron chi connectivity index (χ1n) is 5.75. The zero-order valence-electron chi connectivity index (χ0n) is 10.0. The van der Waals surface area contributed by atoms with E-state index in [4.69, 9.17) is 16.3 Å². The van der Waals surface area contributed by atoms with E-state index in [1.165, 1.54) is 0 Å². The molecule has 0 radical (unpaired) electrons. The average molecular weight is 261 g/mol. The summed E-state index contributed by atoms with van der Waals surface area (Å²) in [7, 11) is 0. The summed E-state index contributed by atoms with van der Waals surface area (Å²) in [6.45, 7) is 2.05. The third-order valence-electron chi connectivity index (χ3n) is 2.69. The molecule has 2 aromatic carbocycles. The highest BCUT2D eigenvalue weighted by Gasteiger charge is 2.10. The van der Waals surface area contributed by atoms with Crippen molar-refractivity contribution in [1.29, 1.82) is 0 Å². The number of ether oxygens (including phenoxy) is 1. The van der Waals surface area contributed by atoms with Crippen LogP contribution in [-0.2, 0) is 6.42 Å². The van der Waals surface area contributed by atoms with E-state index in [0.29, 0.717) is 16.3 Å². The first-order chi connectivity index (χ1) is 8.76. The largest absolute Gasteiger partial charge is 0.455 e. The van der Waals surface area contributed by atoms with Crippen LogP contribution >= 0.6 is 11.6 Å². The zero-order valence-corrected chi connectivity index (χ0v) is 10.8. The van der Waals surface area contributed by atoms with Crippen molar-refractivity contribution in [3.8, 4) is 11.5 Å². The fourth-order valence-corrected chi connectivity index (χ4v) is 1.95. The van der Waals surface area contributed by atoms with E-state index in [1.54, 1.807) is 18.2 Å². The van der Waals surface area contributed by atoms with E-state index in [1.807, 2.05) is 24.3 Å². The second kappa shape index (κ2) is 5.69. The molecule has 3 heteroatoms. The molecule has 0 aliphatic heterocycles. The van der Waals surface area contributed by atoms with Crippen molar-refractivity contribution >= 4 is 17.9 Å². The molecular weight excluding hydrogens is 248 g/mol. The van der Waals surface area contributed by atoms with Gasteiger partial charge in [0.05, 0.1) is 10.6 Å². The first-order valence-corrected chi connectivity index (χ1v) is 6.13. The van der Waals surface area contributed by atoms with Gasteiger partial charge in [-0.2, -0.15) is 0 Å². The van der Waals surface area contributed by atoms with Gasteiger partial charge in [-0.25, -0.2) is 0 Å². The standard InChI is InChI=1S/C15H13ClO2/c1-2-11-6-3-4-9-14(11)18-15-12(10-17)7-5-8-13(15)16/h3-10H,2H2,1H3. The van der Waals surface area contributed by atoms with E-state index in [2.05, 4.69) is 6.92 Å². The van der Waals surface area contributed by atoms with E-state index in [9.17, 15) is 4.79 Å². The Hall–Kier alpha value is -1.80. The lowest BCUT2D eigenvalue weighted by Gasteiger charge is -2.12. The zero-order chi connectivity index (χ0) is 13.0. The van der Waals surface area contributed by atoms with Gasteiger partial charge in [0.15, 0.2) is 12.0 Å². The van der Waals surface area contributed by atoms with Crippen molar-refractivity contribution in [1.82, 2.24) is 0 Å². The highest BCUT2D eigenvalue weighted by molar-refractivity contribution is 6.32. The molecule has 2 aromatic rings. The Morgan fingerprint density at radius 2 is 1.94 bits per heavy atom. The van der Waals surface area contributed by atoms with Gasteiger partial charge in [0.25, 0.3) is 0 Å². The highest BCUT2D eigenvalue weighted by atomic mass is 35.5. The van der Waals surface area contributed by atoms with Crippen LogP contribution in [0.25, 0.3) is 0 Å². The van der Waals surface area contributed by atoms with Gasteiger partial charge in [-0.1, -0.05) is 42.8 Å². The topological polar surface area (TPSA) is 26.3 Å². The van der Waals surface area contributed by atoms with E-state index in [-0.39, 0.29) is 0 Å². The Labute approximate surface area is 111 Å². The summed E-state index contributed by atoms with van der Waals surface area (Å²) < 4.78 is 5.79. The van der Waals surface area contributed by atoms with Gasteiger partial charge in [0, 0.05) is 0 Å². The van der Waals surface area contributed by atoms with Crippen LogP contribution in [0.5, 0.6) is 11.5 Å². The quantitative estimate of drug-likeness (QED) is 0.756. The van der Waals surface area contributed by atoms with Crippen LogP contribution in [0.2, 0.25) is 5.02 Å². The lowest BCUT2D eigenvalue weighted by molar-refractivity contribution is 0.112. The molecule has 0 aliphatic carbocycles. The van der Waals surface area contributed by atoms with E-state index in [0.717, 1.165) is 24.0 Å². The minimum absolute atomic E-state index is 0.412. The Morgan fingerprint density at radius 1 is 1.17 bits per heavy atom. The van der Waals surface area contributed by atoms with E-state index < -0.39 is 0 Å². The summed E-state index contributed by atoms with van der Waals surface area (Å²) >= 11 is 6.07. The van der Waals surface area contributed by atoms with Crippen molar-refractivity contribution in [3.05, 3.63) is 58.6 Å². The van der Waals surface area contributed by atoms with Crippen molar-refractivity contribution < 1.29 is 9.53 Å². The fraction of sp³-hybridized carbons (Fsp3) is 0.133. The number of para-hydroxylation sites is 2. The molecule has 0 atom stereocenters. The number of benzene rings is 2. The summed E-state index contributed by atoms with van der Waals surface area (Å²) in [6.07, 6.45) is 1.60. The number of hydrogen-bond donors (Lipinski definition) is 0. The summed E-state index contributed by atoms with van der Waals surface area (Å²) in [5.41, 5.74) is 1.53. The smallest absolute Gasteiger partial charge is 0.156 e. The molecule has 0 saturated heterocycles. The second-order valence-electron chi connectivity index (χ2n) is 3.84. The molecule has 0 saturated carbocycles. The van der Waals surface area contributed by atoms with Gasteiger partial charge >= 0.3 is 0 Å². The molecule has 0 N–H and O–H groups in total. The predicted octanol–water partition coefficient (Wildman–Crippen LogP) is 4.51. The summed E-state index contributed by atoms with van der Waals surface area (Å²) in [5, 5.41) is 0.436. The molecule has 18 heavy (non-hydrogen) atoms. The lowest BCUT2D eigenvalue weighted by atomic mass is 10.1. The Bertz CT molecular complexity index is 564. The molecule has 0 aliphatic rings. The van der Waals surface area contributed by atoms with Crippen LogP contribution < -0.4 is 4.74 Å². The second-order valence-corrected chi connectivity index (χ2v) is 4.25. The number of halogens is 1. The third-order valence-corrected chi connectivity index (χ3v) is 2.99. The van der Waals surface area contributed by atoms with Crippen molar-refractivity contribution in [3.63, 3.8) is 0 Å². The van der Waals surface area contributed by atoms with Gasteiger partial charge in [0.2, 0.25) is 0 Å². The fourth-order valence-electron chi connectivity index (χ4n) is 1.73. The van der Waals surface area contributed by atoms with Gasteiger partial charge in [0.1, 0.15) is 5.75 Å². The lowest BCUT2D eigenvalue weighted by Crippen LogP contribution is -1.94. The van der Waals surface area contributed by atoms with Crippen LogP contribution in [0.4, 0.5) is 0 Å². The van der Waals surface area contributed by atoms with Crippen LogP contribution in [0.1, 0.15) is 22.8 Å². The van der Waals surface area contributed by atoms with Crippen LogP contribution in [0.15, 0.2) is 42.5 Å². The molecule has 0 heterocycles. The van der Waals surface area contributed by atoms with Gasteiger partial charge in [-0.15, -0.1) is 0 Å². The Morgan fingerprint density at radius 3 is 2.67 bits per heavy atom. The highest BCUT2D eigenvalue weighted by Crippen LogP contribution is 2.33. The molecule has 0 unspecified atom stereocenters. The average Bonchev–Trinajstić information content (AvgIpc) is 2.41. The molecule has 0 aromatic heterocycles. The maximum Gasteiger partial charge on any atom is 0.156 e. The van der Waals surface area contributed by atoms with Crippen molar-refractivity contribution in [2.45, 2.75) is 13.3 Å². The summed E-state index contributed by atoms with van der Waals surface area (Å²) in [6, 6.07) is 12.8. The number of carbonyl (C=O) groups is 1. The minimum atomic E-state index is 0.412. The Balaban J connectivity index is 2.42. The van der Waals surface area contributed by atoms with Gasteiger partial charge < -0.3 is 4.74 Å². The molecule has 2 rings (SSSR count).